The molecule has 1 N–H and O–H groups in total. The summed E-state index contributed by atoms with van der Waals surface area (Å²) in [5.74, 6) is 0.631. The van der Waals surface area contributed by atoms with Gasteiger partial charge in [-0.1, -0.05) is 30.3 Å². The van der Waals surface area contributed by atoms with E-state index in [4.69, 9.17) is 18.9 Å². The number of hydrogen-bond donors (Lipinski definition) is 1. The van der Waals surface area contributed by atoms with Gasteiger partial charge in [0.05, 0.1) is 25.9 Å². The molecule has 1 aromatic carbocycles. The first-order valence-corrected chi connectivity index (χ1v) is 8.76. The van der Waals surface area contributed by atoms with Gasteiger partial charge in [0.25, 0.3) is 0 Å². The molecule has 0 spiro atoms. The second-order valence-electron chi connectivity index (χ2n) is 6.23. The van der Waals surface area contributed by atoms with Crippen LogP contribution in [0.4, 0.5) is 0 Å². The van der Waals surface area contributed by atoms with E-state index in [1.807, 2.05) is 18.2 Å². The molecule has 0 unspecified atom stereocenters. The molecule has 0 aromatic heterocycles. The third kappa shape index (κ3) is 6.49. The summed E-state index contributed by atoms with van der Waals surface area (Å²) in [6.07, 6.45) is 3.02. The zero-order valence-electron chi connectivity index (χ0n) is 14.6. The molecule has 1 aromatic rings. The van der Waals surface area contributed by atoms with Crippen LogP contribution in [0.2, 0.25) is 0 Å². The standard InChI is InChI=1S/C19H30O5/c1-21-11-12-23-15-24-19-8-7-17(13-20)18(19)9-10-22-14-16-5-3-2-4-6-16/h2-6,17-20H,7-15H2,1H3/t17-,18+,19-/m1/s1. The Kier molecular flexibility index (Phi) is 9.31. The van der Waals surface area contributed by atoms with Crippen LogP contribution in [0.5, 0.6) is 0 Å². The van der Waals surface area contributed by atoms with Crippen LogP contribution in [0, 0.1) is 11.8 Å². The molecule has 1 aliphatic rings. The Morgan fingerprint density at radius 3 is 2.62 bits per heavy atom. The number of methoxy groups -OCH3 is 1. The molecule has 0 saturated heterocycles. The number of ether oxygens (including phenoxy) is 4. The highest BCUT2D eigenvalue weighted by Crippen LogP contribution is 2.36. The highest BCUT2D eigenvalue weighted by atomic mass is 16.7. The molecule has 1 aliphatic carbocycles. The summed E-state index contributed by atoms with van der Waals surface area (Å²) in [5, 5.41) is 9.59. The Balaban J connectivity index is 1.68. The third-order valence-electron chi connectivity index (χ3n) is 4.64. The van der Waals surface area contributed by atoms with Crippen molar-refractivity contribution in [3.05, 3.63) is 35.9 Å². The highest BCUT2D eigenvalue weighted by Gasteiger charge is 2.36. The molecule has 0 heterocycles. The van der Waals surface area contributed by atoms with Crippen molar-refractivity contribution in [2.75, 3.05) is 40.3 Å². The van der Waals surface area contributed by atoms with E-state index in [2.05, 4.69) is 12.1 Å². The van der Waals surface area contributed by atoms with Gasteiger partial charge in [-0.2, -0.15) is 0 Å². The average molecular weight is 338 g/mol. The topological polar surface area (TPSA) is 57.2 Å². The van der Waals surface area contributed by atoms with Gasteiger partial charge in [-0.05, 0) is 36.7 Å². The van der Waals surface area contributed by atoms with E-state index in [9.17, 15) is 5.11 Å². The van der Waals surface area contributed by atoms with Crippen molar-refractivity contribution in [3.63, 3.8) is 0 Å². The van der Waals surface area contributed by atoms with Crippen molar-refractivity contribution < 1.29 is 24.1 Å². The summed E-state index contributed by atoms with van der Waals surface area (Å²) in [7, 11) is 1.65. The van der Waals surface area contributed by atoms with Crippen molar-refractivity contribution in [3.8, 4) is 0 Å². The van der Waals surface area contributed by atoms with Gasteiger partial charge in [0.2, 0.25) is 0 Å². The lowest BCUT2D eigenvalue weighted by atomic mass is 9.92. The van der Waals surface area contributed by atoms with Crippen LogP contribution in [0.1, 0.15) is 24.8 Å². The number of benzene rings is 1. The predicted molar refractivity (Wildman–Crippen MR) is 91.6 cm³/mol. The average Bonchev–Trinajstić information content (AvgIpc) is 3.01. The summed E-state index contributed by atoms with van der Waals surface area (Å²) >= 11 is 0. The van der Waals surface area contributed by atoms with Crippen LogP contribution in [0.3, 0.4) is 0 Å². The van der Waals surface area contributed by atoms with E-state index in [0.29, 0.717) is 38.3 Å². The zero-order valence-corrected chi connectivity index (χ0v) is 14.6. The Morgan fingerprint density at radius 2 is 1.88 bits per heavy atom. The SMILES string of the molecule is COCCOCO[C@@H]1CC[C@H](CO)[C@@H]1CCOCc1ccccc1. The Morgan fingerprint density at radius 1 is 1.04 bits per heavy atom. The Labute approximate surface area is 144 Å². The fourth-order valence-corrected chi connectivity index (χ4v) is 3.29. The molecule has 5 heteroatoms. The molecule has 5 nitrogen and oxygen atoms in total. The molecule has 3 atom stereocenters. The first-order chi connectivity index (χ1) is 11.8. The number of aliphatic hydroxyl groups is 1. The first-order valence-electron chi connectivity index (χ1n) is 8.76. The van der Waals surface area contributed by atoms with Crippen molar-refractivity contribution in [1.82, 2.24) is 0 Å². The molecule has 1 saturated carbocycles. The van der Waals surface area contributed by atoms with E-state index in [0.717, 1.165) is 19.3 Å². The van der Waals surface area contributed by atoms with Crippen molar-refractivity contribution in [1.29, 1.82) is 0 Å². The normalized spacial score (nSPS) is 23.7. The third-order valence-corrected chi connectivity index (χ3v) is 4.64. The molecule has 0 bridgehead atoms. The Hall–Kier alpha value is -0.980. The quantitative estimate of drug-likeness (QED) is 0.469. The summed E-state index contributed by atoms with van der Waals surface area (Å²) < 4.78 is 22.0. The van der Waals surface area contributed by atoms with Gasteiger partial charge in [-0.15, -0.1) is 0 Å². The molecule has 136 valence electrons. The fourth-order valence-electron chi connectivity index (χ4n) is 3.29. The number of aliphatic hydroxyl groups excluding tert-OH is 1. The largest absolute Gasteiger partial charge is 0.396 e. The molecule has 0 aliphatic heterocycles. The minimum Gasteiger partial charge on any atom is -0.396 e. The fraction of sp³-hybridized carbons (Fsp3) is 0.684. The molecule has 24 heavy (non-hydrogen) atoms. The highest BCUT2D eigenvalue weighted by molar-refractivity contribution is 5.13. The van der Waals surface area contributed by atoms with Crippen LogP contribution in [-0.4, -0.2) is 51.5 Å². The minimum atomic E-state index is 0.144. The second-order valence-corrected chi connectivity index (χ2v) is 6.23. The smallest absolute Gasteiger partial charge is 0.147 e. The first kappa shape index (κ1) is 19.3. The van der Waals surface area contributed by atoms with Gasteiger partial charge in [0, 0.05) is 20.3 Å². The van der Waals surface area contributed by atoms with E-state index in [-0.39, 0.29) is 19.5 Å². The van der Waals surface area contributed by atoms with Gasteiger partial charge in [0.15, 0.2) is 0 Å². The zero-order chi connectivity index (χ0) is 17.0. The predicted octanol–water partition coefficient (Wildman–Crippen LogP) is 2.62. The minimum absolute atomic E-state index is 0.144. The summed E-state index contributed by atoms with van der Waals surface area (Å²) in [6, 6.07) is 10.2. The van der Waals surface area contributed by atoms with Crippen LogP contribution in [-0.2, 0) is 25.6 Å². The van der Waals surface area contributed by atoms with Gasteiger partial charge in [-0.25, -0.2) is 0 Å². The lowest BCUT2D eigenvalue weighted by molar-refractivity contribution is -0.112. The van der Waals surface area contributed by atoms with Crippen molar-refractivity contribution in [2.45, 2.75) is 32.0 Å². The van der Waals surface area contributed by atoms with Gasteiger partial charge in [-0.3, -0.25) is 0 Å². The second kappa shape index (κ2) is 11.6. The lowest BCUT2D eigenvalue weighted by Gasteiger charge is -2.24. The summed E-state index contributed by atoms with van der Waals surface area (Å²) in [4.78, 5) is 0. The summed E-state index contributed by atoms with van der Waals surface area (Å²) in [5.41, 5.74) is 1.18. The maximum Gasteiger partial charge on any atom is 0.147 e. The molecular formula is C19H30O5. The monoisotopic (exact) mass is 338 g/mol. The van der Waals surface area contributed by atoms with E-state index >= 15 is 0 Å². The summed E-state index contributed by atoms with van der Waals surface area (Å²) in [6.45, 7) is 2.92. The van der Waals surface area contributed by atoms with Gasteiger partial charge in [0.1, 0.15) is 6.79 Å². The van der Waals surface area contributed by atoms with Crippen molar-refractivity contribution in [2.24, 2.45) is 11.8 Å². The van der Waals surface area contributed by atoms with Crippen LogP contribution in [0.25, 0.3) is 0 Å². The number of rotatable bonds is 12. The Bertz CT molecular complexity index is 425. The molecular weight excluding hydrogens is 308 g/mol. The van der Waals surface area contributed by atoms with Gasteiger partial charge >= 0.3 is 0 Å². The van der Waals surface area contributed by atoms with E-state index in [1.165, 1.54) is 5.56 Å². The van der Waals surface area contributed by atoms with E-state index in [1.54, 1.807) is 7.11 Å². The molecule has 0 amide bonds. The molecule has 2 rings (SSSR count). The van der Waals surface area contributed by atoms with Gasteiger partial charge < -0.3 is 24.1 Å². The maximum absolute atomic E-state index is 9.59. The molecule has 1 fully saturated rings. The van der Waals surface area contributed by atoms with Crippen LogP contribution < -0.4 is 0 Å². The van der Waals surface area contributed by atoms with Crippen LogP contribution in [0.15, 0.2) is 30.3 Å². The number of hydrogen-bond acceptors (Lipinski definition) is 5. The lowest BCUT2D eigenvalue weighted by Crippen LogP contribution is -2.26. The maximum atomic E-state index is 9.59. The van der Waals surface area contributed by atoms with Crippen molar-refractivity contribution >= 4 is 0 Å². The molecule has 0 radical (unpaired) electrons. The van der Waals surface area contributed by atoms with Crippen LogP contribution >= 0.6 is 0 Å². The van der Waals surface area contributed by atoms with E-state index < -0.39 is 0 Å².